The molecule has 1 unspecified atom stereocenters. The van der Waals surface area contributed by atoms with Crippen molar-refractivity contribution in [2.24, 2.45) is 5.41 Å². The largest absolute Gasteiger partial charge is 0.383 e. The molecule has 0 radical (unpaired) electrons. The lowest BCUT2D eigenvalue weighted by atomic mass is 9.85. The van der Waals surface area contributed by atoms with Crippen LogP contribution in [0.5, 0.6) is 0 Å². The molecule has 25 heavy (non-hydrogen) atoms. The number of hydrogen-bond acceptors (Lipinski definition) is 7. The van der Waals surface area contributed by atoms with Gasteiger partial charge in [0.2, 0.25) is 17.7 Å². The highest BCUT2D eigenvalue weighted by Crippen LogP contribution is 2.40. The van der Waals surface area contributed by atoms with Gasteiger partial charge in [0.25, 0.3) is 0 Å². The highest BCUT2D eigenvalue weighted by Gasteiger charge is 2.51. The zero-order valence-electron chi connectivity index (χ0n) is 14.7. The molecule has 1 aromatic rings. The van der Waals surface area contributed by atoms with Crippen LogP contribution < -0.4 is 0 Å². The Hall–Kier alpha value is -1.61. The molecule has 2 saturated heterocycles. The molecular weight excluding hydrogens is 344 g/mol. The molecule has 0 bridgehead atoms. The molecule has 2 aliphatic heterocycles. The van der Waals surface area contributed by atoms with Crippen molar-refractivity contribution in [2.75, 3.05) is 45.6 Å². The van der Waals surface area contributed by atoms with Gasteiger partial charge in [-0.25, -0.2) is 0 Å². The SMILES string of the molecule is COCCN1CCC2(CCN(C(=O)CSCc3nc(C)no3)C2)C1=O. The van der Waals surface area contributed by atoms with Gasteiger partial charge in [0.1, 0.15) is 0 Å². The van der Waals surface area contributed by atoms with Gasteiger partial charge >= 0.3 is 0 Å². The number of aryl methyl sites for hydroxylation is 1. The Morgan fingerprint density at radius 3 is 2.92 bits per heavy atom. The molecule has 0 saturated carbocycles. The molecule has 1 atom stereocenters. The van der Waals surface area contributed by atoms with Crippen LogP contribution in [0, 0.1) is 12.3 Å². The number of hydrogen-bond donors (Lipinski definition) is 0. The maximum Gasteiger partial charge on any atom is 0.236 e. The fourth-order valence-electron chi connectivity index (χ4n) is 3.49. The Balaban J connectivity index is 1.47. The number of aromatic nitrogens is 2. The third-order valence-electron chi connectivity index (χ3n) is 4.89. The fraction of sp³-hybridized carbons (Fsp3) is 0.750. The molecule has 0 aliphatic carbocycles. The summed E-state index contributed by atoms with van der Waals surface area (Å²) in [6.07, 6.45) is 1.59. The van der Waals surface area contributed by atoms with E-state index in [0.29, 0.717) is 49.5 Å². The number of likely N-dealkylation sites (tertiary alicyclic amines) is 2. The number of nitrogens with zero attached hydrogens (tertiary/aromatic N) is 4. The van der Waals surface area contributed by atoms with Crippen LogP contribution in [0.4, 0.5) is 0 Å². The minimum Gasteiger partial charge on any atom is -0.383 e. The maximum atomic E-state index is 12.7. The molecule has 2 amide bonds. The zero-order chi connectivity index (χ0) is 17.9. The minimum absolute atomic E-state index is 0.0706. The summed E-state index contributed by atoms with van der Waals surface area (Å²) in [6, 6.07) is 0. The number of carbonyl (C=O) groups excluding carboxylic acids is 2. The number of amides is 2. The summed E-state index contributed by atoms with van der Waals surface area (Å²) in [5.41, 5.74) is -0.377. The standard InChI is InChI=1S/C16H24N4O4S/c1-12-17-13(24-18-12)9-25-10-14(21)20-6-4-16(11-20)3-5-19(15(16)22)7-8-23-2/h3-11H2,1-2H3. The molecule has 138 valence electrons. The molecule has 3 rings (SSSR count). The lowest BCUT2D eigenvalue weighted by molar-refractivity contribution is -0.136. The van der Waals surface area contributed by atoms with Gasteiger partial charge in [0.05, 0.1) is 23.5 Å². The van der Waals surface area contributed by atoms with Crippen molar-refractivity contribution in [1.29, 1.82) is 0 Å². The van der Waals surface area contributed by atoms with E-state index in [1.807, 2.05) is 9.80 Å². The van der Waals surface area contributed by atoms with E-state index in [9.17, 15) is 9.59 Å². The Morgan fingerprint density at radius 1 is 1.40 bits per heavy atom. The van der Waals surface area contributed by atoms with Crippen LogP contribution in [0.3, 0.4) is 0 Å². The smallest absolute Gasteiger partial charge is 0.236 e. The van der Waals surface area contributed by atoms with E-state index in [1.165, 1.54) is 11.8 Å². The van der Waals surface area contributed by atoms with Gasteiger partial charge in [0.15, 0.2) is 5.82 Å². The number of thioether (sulfide) groups is 1. The average molecular weight is 368 g/mol. The van der Waals surface area contributed by atoms with Crippen LogP contribution in [-0.4, -0.2) is 77.4 Å². The normalized spacial score (nSPS) is 23.2. The van der Waals surface area contributed by atoms with Crippen molar-refractivity contribution >= 4 is 23.6 Å². The van der Waals surface area contributed by atoms with E-state index >= 15 is 0 Å². The van der Waals surface area contributed by atoms with Crippen LogP contribution in [0.25, 0.3) is 0 Å². The first-order chi connectivity index (χ1) is 12.0. The molecule has 8 nitrogen and oxygen atoms in total. The Labute approximate surface area is 151 Å². The number of methoxy groups -OCH3 is 1. The van der Waals surface area contributed by atoms with Gasteiger partial charge in [-0.3, -0.25) is 9.59 Å². The predicted molar refractivity (Wildman–Crippen MR) is 91.9 cm³/mol. The van der Waals surface area contributed by atoms with Crippen LogP contribution in [0.15, 0.2) is 4.52 Å². The minimum atomic E-state index is -0.377. The van der Waals surface area contributed by atoms with Crippen LogP contribution in [0.2, 0.25) is 0 Å². The van der Waals surface area contributed by atoms with Crippen LogP contribution in [0.1, 0.15) is 24.6 Å². The zero-order valence-corrected chi connectivity index (χ0v) is 15.5. The van der Waals surface area contributed by atoms with Crippen LogP contribution >= 0.6 is 11.8 Å². The molecule has 9 heteroatoms. The van der Waals surface area contributed by atoms with Crippen molar-refractivity contribution < 1.29 is 18.8 Å². The summed E-state index contributed by atoms with van der Waals surface area (Å²) in [4.78, 5) is 32.9. The topological polar surface area (TPSA) is 88.8 Å². The van der Waals surface area contributed by atoms with E-state index in [-0.39, 0.29) is 17.2 Å². The van der Waals surface area contributed by atoms with Gasteiger partial charge in [-0.2, -0.15) is 4.98 Å². The summed E-state index contributed by atoms with van der Waals surface area (Å²) in [7, 11) is 1.64. The first-order valence-electron chi connectivity index (χ1n) is 8.47. The van der Waals surface area contributed by atoms with Crippen molar-refractivity contribution in [3.05, 3.63) is 11.7 Å². The molecule has 3 heterocycles. The number of carbonyl (C=O) groups is 2. The summed E-state index contributed by atoms with van der Waals surface area (Å²) in [5, 5.41) is 3.73. The van der Waals surface area contributed by atoms with E-state index in [0.717, 1.165) is 19.4 Å². The highest BCUT2D eigenvalue weighted by atomic mass is 32.2. The molecular formula is C16H24N4O4S. The Kier molecular flexibility index (Phi) is 5.63. The van der Waals surface area contributed by atoms with Crippen molar-refractivity contribution in [3.63, 3.8) is 0 Å². The Morgan fingerprint density at radius 2 is 2.20 bits per heavy atom. The van der Waals surface area contributed by atoms with E-state index in [2.05, 4.69) is 10.1 Å². The first kappa shape index (κ1) is 18.2. The molecule has 2 fully saturated rings. The number of ether oxygens (including phenoxy) is 1. The van der Waals surface area contributed by atoms with Crippen LogP contribution in [-0.2, 0) is 20.1 Å². The molecule has 0 N–H and O–H groups in total. The van der Waals surface area contributed by atoms with Gasteiger partial charge in [-0.15, -0.1) is 11.8 Å². The Bertz CT molecular complexity index is 637. The average Bonchev–Trinajstić information content (AvgIpc) is 3.29. The van der Waals surface area contributed by atoms with Crippen molar-refractivity contribution in [3.8, 4) is 0 Å². The van der Waals surface area contributed by atoms with E-state index in [1.54, 1.807) is 14.0 Å². The molecule has 1 aromatic heterocycles. The summed E-state index contributed by atoms with van der Waals surface area (Å²) in [6.45, 7) is 4.90. The van der Waals surface area contributed by atoms with Gasteiger partial charge in [0, 0.05) is 33.3 Å². The third kappa shape index (κ3) is 3.98. The fourth-order valence-corrected chi connectivity index (χ4v) is 4.24. The second-order valence-corrected chi connectivity index (χ2v) is 7.59. The van der Waals surface area contributed by atoms with Crippen molar-refractivity contribution in [1.82, 2.24) is 19.9 Å². The van der Waals surface area contributed by atoms with Crippen molar-refractivity contribution in [2.45, 2.75) is 25.5 Å². The predicted octanol–water partition coefficient (Wildman–Crippen LogP) is 0.709. The second-order valence-electron chi connectivity index (χ2n) is 6.61. The molecule has 0 aromatic carbocycles. The quantitative estimate of drug-likeness (QED) is 0.700. The summed E-state index contributed by atoms with van der Waals surface area (Å²) in [5.74, 6) is 2.26. The summed E-state index contributed by atoms with van der Waals surface area (Å²) < 4.78 is 10.1. The lowest BCUT2D eigenvalue weighted by Gasteiger charge is -2.23. The summed E-state index contributed by atoms with van der Waals surface area (Å²) >= 11 is 1.46. The molecule has 2 aliphatic rings. The third-order valence-corrected chi connectivity index (χ3v) is 5.80. The van der Waals surface area contributed by atoms with Gasteiger partial charge in [-0.05, 0) is 19.8 Å². The van der Waals surface area contributed by atoms with Gasteiger partial charge < -0.3 is 19.1 Å². The molecule has 1 spiro atoms. The monoisotopic (exact) mass is 368 g/mol. The number of rotatable bonds is 7. The second kappa shape index (κ2) is 7.74. The van der Waals surface area contributed by atoms with Gasteiger partial charge in [-0.1, -0.05) is 5.16 Å². The van der Waals surface area contributed by atoms with E-state index < -0.39 is 0 Å². The first-order valence-corrected chi connectivity index (χ1v) is 9.62. The lowest BCUT2D eigenvalue weighted by Crippen LogP contribution is -2.39. The highest BCUT2D eigenvalue weighted by molar-refractivity contribution is 7.99. The maximum absolute atomic E-state index is 12.7. The van der Waals surface area contributed by atoms with E-state index in [4.69, 9.17) is 9.26 Å².